The molecule has 0 N–H and O–H groups in total. The molecule has 0 spiro atoms. The van der Waals surface area contributed by atoms with Gasteiger partial charge in [0, 0.05) is 61.5 Å². The molecular formula is C94H58N10O2. The van der Waals surface area contributed by atoms with Crippen molar-refractivity contribution < 1.29 is 8.83 Å². The van der Waals surface area contributed by atoms with Crippen molar-refractivity contribution in [1.29, 1.82) is 0 Å². The molecule has 106 heavy (non-hydrogen) atoms. The molecule has 0 aliphatic heterocycles. The zero-order chi connectivity index (χ0) is 70.3. The minimum atomic E-state index is 0.620. The Hall–Kier alpha value is -14.6. The lowest BCUT2D eigenvalue weighted by Crippen LogP contribution is -2.00. The van der Waals surface area contributed by atoms with Crippen LogP contribution >= 0.6 is 0 Å². The molecule has 0 amide bonds. The van der Waals surface area contributed by atoms with Crippen molar-refractivity contribution in [3.8, 4) is 135 Å². The summed E-state index contributed by atoms with van der Waals surface area (Å²) in [5, 5.41) is 6.32. The second-order valence-corrected chi connectivity index (χ2v) is 25.9. The van der Waals surface area contributed by atoms with Crippen molar-refractivity contribution in [2.45, 2.75) is 0 Å². The number of fused-ring (bicyclic) bond motifs is 10. The van der Waals surface area contributed by atoms with Crippen molar-refractivity contribution >= 4 is 65.7 Å². The van der Waals surface area contributed by atoms with Crippen LogP contribution in [0.2, 0.25) is 0 Å². The maximum absolute atomic E-state index is 6.44. The highest BCUT2D eigenvalue weighted by molar-refractivity contribution is 6.21. The molecule has 0 unspecified atom stereocenters. The Morgan fingerprint density at radius 1 is 0.217 bits per heavy atom. The molecule has 0 atom stereocenters. The molecule has 0 bridgehead atoms. The topological polar surface area (TPSA) is 155 Å². The lowest BCUT2D eigenvalue weighted by atomic mass is 9.97. The van der Waals surface area contributed by atoms with Crippen LogP contribution in [0.4, 0.5) is 0 Å². The van der Waals surface area contributed by atoms with E-state index in [0.717, 1.165) is 149 Å². The predicted molar refractivity (Wildman–Crippen MR) is 426 cm³/mol. The Morgan fingerprint density at radius 3 is 1.03 bits per heavy atom. The SMILES string of the molecule is c1ccc(-c2ccc(-c3nc(-c4ccccc4)nc(-c4ccc(-c5ccc(-c6cc7cncnc7c7c6oc6ccccc67)cc5)cc4)n3)cc2)cc1.c1ccc(-c2ccc(-c3nc(-c4ccccc4)nc(-c4ccc(-c5ccc(-c6ncnc7c6oc6ccc8ccccc8c67)cc5)cc4)n3)cc2)cc1. The van der Waals surface area contributed by atoms with Gasteiger partial charge in [0.15, 0.2) is 40.5 Å². The van der Waals surface area contributed by atoms with Gasteiger partial charge in [-0.15, -0.1) is 0 Å². The Kier molecular flexibility index (Phi) is 15.9. The van der Waals surface area contributed by atoms with E-state index >= 15 is 0 Å². The summed E-state index contributed by atoms with van der Waals surface area (Å²) in [5.41, 5.74) is 23.2. The highest BCUT2D eigenvalue weighted by Gasteiger charge is 2.21. The minimum absolute atomic E-state index is 0.620. The molecule has 496 valence electrons. The molecule has 0 saturated heterocycles. The third kappa shape index (κ3) is 12.0. The fourth-order valence-electron chi connectivity index (χ4n) is 14.0. The first-order chi connectivity index (χ1) is 52.5. The Labute approximate surface area is 608 Å². The van der Waals surface area contributed by atoms with Crippen molar-refractivity contribution in [3.05, 3.63) is 353 Å². The van der Waals surface area contributed by atoms with E-state index in [1.165, 1.54) is 11.1 Å². The van der Waals surface area contributed by atoms with E-state index in [9.17, 15) is 0 Å². The highest BCUT2D eigenvalue weighted by atomic mass is 16.3. The fourth-order valence-corrected chi connectivity index (χ4v) is 14.0. The van der Waals surface area contributed by atoms with E-state index in [1.807, 2.05) is 115 Å². The van der Waals surface area contributed by atoms with Gasteiger partial charge in [0.25, 0.3) is 0 Å². The lowest BCUT2D eigenvalue weighted by Gasteiger charge is -2.10. The molecule has 20 rings (SSSR count). The summed E-state index contributed by atoms with van der Waals surface area (Å²) in [5.74, 6) is 3.77. The quantitative estimate of drug-likeness (QED) is 0.114. The summed E-state index contributed by atoms with van der Waals surface area (Å²) in [4.78, 5) is 47.8. The molecule has 6 heterocycles. The molecule has 12 heteroatoms. The van der Waals surface area contributed by atoms with Crippen LogP contribution in [0, 0.1) is 0 Å². The summed E-state index contributed by atoms with van der Waals surface area (Å²) in [7, 11) is 0. The van der Waals surface area contributed by atoms with Crippen molar-refractivity contribution in [3.63, 3.8) is 0 Å². The molecule has 0 aliphatic carbocycles. The molecule has 6 aromatic heterocycles. The first-order valence-electron chi connectivity index (χ1n) is 35.0. The van der Waals surface area contributed by atoms with Gasteiger partial charge < -0.3 is 8.83 Å². The number of furan rings is 2. The average molecular weight is 1360 g/mol. The number of rotatable bonds is 12. The van der Waals surface area contributed by atoms with Gasteiger partial charge in [-0.1, -0.05) is 315 Å². The number of para-hydroxylation sites is 1. The van der Waals surface area contributed by atoms with Crippen LogP contribution in [0.25, 0.3) is 201 Å². The second kappa shape index (κ2) is 27.0. The van der Waals surface area contributed by atoms with E-state index in [-0.39, 0.29) is 0 Å². The number of aromatic nitrogens is 10. The van der Waals surface area contributed by atoms with E-state index < -0.39 is 0 Å². The zero-order valence-corrected chi connectivity index (χ0v) is 56.8. The first kappa shape index (κ1) is 62.4. The number of benzene rings is 14. The second-order valence-electron chi connectivity index (χ2n) is 25.9. The van der Waals surface area contributed by atoms with Gasteiger partial charge in [0.1, 0.15) is 40.6 Å². The summed E-state index contributed by atoms with van der Waals surface area (Å²) in [6.45, 7) is 0. The van der Waals surface area contributed by atoms with Crippen molar-refractivity contribution in [2.75, 3.05) is 0 Å². The van der Waals surface area contributed by atoms with Crippen molar-refractivity contribution in [2.24, 2.45) is 0 Å². The summed E-state index contributed by atoms with van der Waals surface area (Å²) in [6.07, 6.45) is 5.08. The summed E-state index contributed by atoms with van der Waals surface area (Å²) in [6, 6.07) is 114. The standard InChI is InChI=1S/2C47H29N5O/c1-3-9-30(10-4-1)31-17-23-37(24-18-31)46-50-45(36-12-5-2-6-13-36)51-47(52-46)38-25-19-33(20-26-38)32-15-21-35(22-16-32)42-44-43(49-29-48-42)41-39-14-8-7-11-34(39)27-28-40(41)53-44;1-3-9-30(10-4-1)31-17-23-36(24-18-31)46-50-45(35-11-5-2-6-12-35)51-47(52-46)37-25-19-33(20-26-37)32-15-21-34(22-16-32)40-27-38-28-48-29-49-43(38)42-39-13-7-8-14-41(39)53-44(40)42/h2*1-29H. The van der Waals surface area contributed by atoms with Gasteiger partial charge in [-0.25, -0.2) is 49.8 Å². The number of hydrogen-bond donors (Lipinski definition) is 0. The molecule has 20 aromatic rings. The van der Waals surface area contributed by atoms with Gasteiger partial charge in [-0.05, 0) is 79.0 Å². The molecule has 0 fully saturated rings. The predicted octanol–water partition coefficient (Wildman–Crippen LogP) is 23.4. The monoisotopic (exact) mass is 1360 g/mol. The van der Waals surface area contributed by atoms with E-state index in [4.69, 9.17) is 38.7 Å². The van der Waals surface area contributed by atoms with Gasteiger partial charge in [0.05, 0.1) is 16.3 Å². The third-order valence-corrected chi connectivity index (χ3v) is 19.4. The highest BCUT2D eigenvalue weighted by Crippen LogP contribution is 2.42. The molecular weight excluding hydrogens is 1300 g/mol. The van der Waals surface area contributed by atoms with Crippen LogP contribution in [0.5, 0.6) is 0 Å². The zero-order valence-electron chi connectivity index (χ0n) is 56.8. The van der Waals surface area contributed by atoms with Crippen LogP contribution in [0.3, 0.4) is 0 Å². The van der Waals surface area contributed by atoms with Crippen LogP contribution < -0.4 is 0 Å². The van der Waals surface area contributed by atoms with Gasteiger partial charge >= 0.3 is 0 Å². The molecule has 0 saturated carbocycles. The van der Waals surface area contributed by atoms with Gasteiger partial charge in [-0.2, -0.15) is 0 Å². The molecule has 0 radical (unpaired) electrons. The maximum Gasteiger partial charge on any atom is 0.180 e. The smallest absolute Gasteiger partial charge is 0.180 e. The van der Waals surface area contributed by atoms with E-state index in [0.29, 0.717) is 40.5 Å². The van der Waals surface area contributed by atoms with Crippen molar-refractivity contribution in [1.82, 2.24) is 49.8 Å². The summed E-state index contributed by atoms with van der Waals surface area (Å²) < 4.78 is 12.8. The normalized spacial score (nSPS) is 11.4. The molecule has 0 aliphatic rings. The fraction of sp³-hybridized carbons (Fsp3) is 0. The Balaban J connectivity index is 0.000000145. The van der Waals surface area contributed by atoms with E-state index in [2.05, 4.69) is 244 Å². The summed E-state index contributed by atoms with van der Waals surface area (Å²) >= 11 is 0. The van der Waals surface area contributed by atoms with E-state index in [1.54, 1.807) is 12.7 Å². The third-order valence-electron chi connectivity index (χ3n) is 19.4. The van der Waals surface area contributed by atoms with Crippen LogP contribution in [0.1, 0.15) is 0 Å². The van der Waals surface area contributed by atoms with Gasteiger partial charge in [0.2, 0.25) is 0 Å². The van der Waals surface area contributed by atoms with Gasteiger partial charge in [-0.3, -0.25) is 0 Å². The molecule has 14 aromatic carbocycles. The average Bonchev–Trinajstić information content (AvgIpc) is 1.57. The van der Waals surface area contributed by atoms with Crippen LogP contribution in [-0.2, 0) is 0 Å². The first-order valence-corrected chi connectivity index (χ1v) is 35.0. The maximum atomic E-state index is 6.44. The van der Waals surface area contributed by atoms with Crippen LogP contribution in [-0.4, -0.2) is 49.8 Å². The molecule has 12 nitrogen and oxygen atoms in total. The van der Waals surface area contributed by atoms with Crippen LogP contribution in [0.15, 0.2) is 361 Å². The number of nitrogens with zero attached hydrogens (tertiary/aromatic N) is 10. The number of hydrogen-bond acceptors (Lipinski definition) is 12. The minimum Gasteiger partial charge on any atom is -0.455 e. The largest absolute Gasteiger partial charge is 0.455 e. The lowest BCUT2D eigenvalue weighted by molar-refractivity contribution is 0.667. The Morgan fingerprint density at radius 2 is 0.566 bits per heavy atom. The Bertz CT molecular complexity index is 6620.